The molecule has 1 unspecified atom stereocenters. The number of aliphatic carboxylic acids is 1. The number of urea groups is 1. The molecule has 0 aromatic heterocycles. The molecule has 1 aliphatic heterocycles. The van der Waals surface area contributed by atoms with Gasteiger partial charge in [-0.1, -0.05) is 30.3 Å². The predicted octanol–water partition coefficient (Wildman–Crippen LogP) is 1.24. The normalized spacial score (nSPS) is 20.2. The van der Waals surface area contributed by atoms with Crippen molar-refractivity contribution in [1.29, 1.82) is 0 Å². The summed E-state index contributed by atoms with van der Waals surface area (Å²) < 4.78 is 5.36. The molecule has 1 aromatic rings. The van der Waals surface area contributed by atoms with Gasteiger partial charge in [-0.25, -0.2) is 9.59 Å². The highest BCUT2D eigenvalue weighted by Gasteiger charge is 2.27. The van der Waals surface area contributed by atoms with Gasteiger partial charge in [0.05, 0.1) is 12.7 Å². The van der Waals surface area contributed by atoms with Crippen LogP contribution >= 0.6 is 0 Å². The maximum atomic E-state index is 12.1. The lowest BCUT2D eigenvalue weighted by Crippen LogP contribution is -2.50. The van der Waals surface area contributed by atoms with E-state index in [2.05, 4.69) is 5.32 Å². The van der Waals surface area contributed by atoms with E-state index in [1.807, 2.05) is 6.92 Å². The highest BCUT2D eigenvalue weighted by atomic mass is 16.5. The molecule has 2 atom stereocenters. The number of carboxylic acid groups (broad SMARTS) is 1. The van der Waals surface area contributed by atoms with Crippen LogP contribution in [0, 0.1) is 0 Å². The lowest BCUT2D eigenvalue weighted by atomic mass is 10.1. The van der Waals surface area contributed by atoms with Crippen LogP contribution in [0.15, 0.2) is 30.3 Å². The summed E-state index contributed by atoms with van der Waals surface area (Å²) in [6, 6.07) is 7.23. The molecule has 0 bridgehead atoms. The van der Waals surface area contributed by atoms with Crippen LogP contribution in [-0.4, -0.2) is 47.8 Å². The molecule has 108 valence electrons. The third-order valence-corrected chi connectivity index (χ3v) is 3.18. The van der Waals surface area contributed by atoms with Crippen LogP contribution in [0.5, 0.6) is 0 Å². The van der Waals surface area contributed by atoms with E-state index in [0.29, 0.717) is 25.3 Å². The van der Waals surface area contributed by atoms with Crippen LogP contribution in [0.3, 0.4) is 0 Å². The quantitative estimate of drug-likeness (QED) is 0.872. The molecule has 6 nitrogen and oxygen atoms in total. The molecule has 2 amide bonds. The van der Waals surface area contributed by atoms with Gasteiger partial charge in [0.2, 0.25) is 0 Å². The first-order chi connectivity index (χ1) is 9.58. The summed E-state index contributed by atoms with van der Waals surface area (Å²) in [5, 5.41) is 11.8. The van der Waals surface area contributed by atoms with Gasteiger partial charge in [-0.2, -0.15) is 0 Å². The topological polar surface area (TPSA) is 78.9 Å². The molecule has 0 saturated carbocycles. The second kappa shape index (κ2) is 6.38. The van der Waals surface area contributed by atoms with E-state index in [4.69, 9.17) is 4.74 Å². The van der Waals surface area contributed by atoms with Gasteiger partial charge < -0.3 is 20.1 Å². The number of carbonyl (C=O) groups excluding carboxylic acids is 1. The summed E-state index contributed by atoms with van der Waals surface area (Å²) >= 11 is 0. The molecule has 0 spiro atoms. The number of rotatable bonds is 3. The van der Waals surface area contributed by atoms with E-state index in [0.717, 1.165) is 0 Å². The van der Waals surface area contributed by atoms with Gasteiger partial charge in [0.25, 0.3) is 0 Å². The van der Waals surface area contributed by atoms with Crippen molar-refractivity contribution in [2.24, 2.45) is 0 Å². The Morgan fingerprint density at radius 1 is 1.40 bits per heavy atom. The monoisotopic (exact) mass is 278 g/mol. The minimum absolute atomic E-state index is 0.0329. The molecule has 0 aliphatic carbocycles. The minimum atomic E-state index is -1.08. The van der Waals surface area contributed by atoms with E-state index in [1.54, 1.807) is 35.2 Å². The number of morpholine rings is 1. The van der Waals surface area contributed by atoms with E-state index in [-0.39, 0.29) is 12.1 Å². The molecule has 1 aromatic carbocycles. The first kappa shape index (κ1) is 14.3. The fraction of sp³-hybridized carbons (Fsp3) is 0.429. The highest BCUT2D eigenvalue weighted by molar-refractivity contribution is 5.83. The van der Waals surface area contributed by atoms with Crippen molar-refractivity contribution < 1.29 is 19.4 Å². The third-order valence-electron chi connectivity index (χ3n) is 3.18. The van der Waals surface area contributed by atoms with Crippen LogP contribution in [-0.2, 0) is 9.53 Å². The molecule has 2 rings (SSSR count). The molecule has 1 heterocycles. The number of carbonyl (C=O) groups is 2. The third kappa shape index (κ3) is 3.48. The number of hydrogen-bond donors (Lipinski definition) is 2. The van der Waals surface area contributed by atoms with Crippen LogP contribution in [0.1, 0.15) is 18.5 Å². The number of carboxylic acids is 1. The molecular weight excluding hydrogens is 260 g/mol. The van der Waals surface area contributed by atoms with Crippen LogP contribution < -0.4 is 5.32 Å². The predicted molar refractivity (Wildman–Crippen MR) is 72.3 cm³/mol. The highest BCUT2D eigenvalue weighted by Crippen LogP contribution is 2.14. The molecule has 1 aliphatic rings. The Hall–Kier alpha value is -2.08. The van der Waals surface area contributed by atoms with Crippen molar-refractivity contribution in [3.8, 4) is 0 Å². The summed E-state index contributed by atoms with van der Waals surface area (Å²) in [6.07, 6.45) is -0.0329. The van der Waals surface area contributed by atoms with Crippen LogP contribution in [0.4, 0.5) is 4.79 Å². The lowest BCUT2D eigenvalue weighted by molar-refractivity contribution is -0.139. The standard InChI is InChI=1S/C14H18N2O4/c1-10-9-16(7-8-20-10)14(19)15-12(13(17)18)11-5-3-2-4-6-11/h2-6,10,12H,7-9H2,1H3,(H,15,19)(H,17,18)/t10?,12-/m1/s1. The van der Waals surface area contributed by atoms with Gasteiger partial charge in [-0.15, -0.1) is 0 Å². The summed E-state index contributed by atoms with van der Waals surface area (Å²) in [5.74, 6) is -1.08. The first-order valence-electron chi connectivity index (χ1n) is 6.52. The van der Waals surface area contributed by atoms with Crippen molar-refractivity contribution in [2.75, 3.05) is 19.7 Å². The number of ether oxygens (including phenoxy) is 1. The Morgan fingerprint density at radius 2 is 2.10 bits per heavy atom. The largest absolute Gasteiger partial charge is 0.479 e. The van der Waals surface area contributed by atoms with Gasteiger partial charge in [-0.3, -0.25) is 0 Å². The number of hydrogen-bond acceptors (Lipinski definition) is 3. The maximum absolute atomic E-state index is 12.1. The van der Waals surface area contributed by atoms with E-state index in [9.17, 15) is 14.7 Å². The second-order valence-electron chi connectivity index (χ2n) is 4.76. The minimum Gasteiger partial charge on any atom is -0.479 e. The first-order valence-corrected chi connectivity index (χ1v) is 6.52. The molecular formula is C14H18N2O4. The smallest absolute Gasteiger partial charge is 0.330 e. The Bertz CT molecular complexity index is 477. The lowest BCUT2D eigenvalue weighted by Gasteiger charge is -2.32. The number of nitrogens with one attached hydrogen (secondary N) is 1. The Balaban J connectivity index is 2.05. The molecule has 20 heavy (non-hydrogen) atoms. The fourth-order valence-corrected chi connectivity index (χ4v) is 2.15. The molecule has 2 N–H and O–H groups in total. The summed E-state index contributed by atoms with van der Waals surface area (Å²) in [7, 11) is 0. The Morgan fingerprint density at radius 3 is 2.70 bits per heavy atom. The Kier molecular flexibility index (Phi) is 4.57. The molecule has 6 heteroatoms. The maximum Gasteiger partial charge on any atom is 0.330 e. The van der Waals surface area contributed by atoms with E-state index in [1.165, 1.54) is 0 Å². The van der Waals surface area contributed by atoms with Crippen molar-refractivity contribution in [2.45, 2.75) is 19.1 Å². The zero-order chi connectivity index (χ0) is 14.5. The van der Waals surface area contributed by atoms with Gasteiger partial charge >= 0.3 is 12.0 Å². The average molecular weight is 278 g/mol. The van der Waals surface area contributed by atoms with Crippen LogP contribution in [0.2, 0.25) is 0 Å². The number of amides is 2. The summed E-state index contributed by atoms with van der Waals surface area (Å²) in [6.45, 7) is 3.28. The SMILES string of the molecule is CC1CN(C(=O)N[C@@H](C(=O)O)c2ccccc2)CCO1. The zero-order valence-electron chi connectivity index (χ0n) is 11.3. The Labute approximate surface area is 117 Å². The summed E-state index contributed by atoms with van der Waals surface area (Å²) in [4.78, 5) is 25.0. The van der Waals surface area contributed by atoms with Crippen molar-refractivity contribution in [3.05, 3.63) is 35.9 Å². The van der Waals surface area contributed by atoms with Crippen molar-refractivity contribution in [3.63, 3.8) is 0 Å². The molecule has 1 fully saturated rings. The van der Waals surface area contributed by atoms with E-state index >= 15 is 0 Å². The number of benzene rings is 1. The molecule has 1 saturated heterocycles. The van der Waals surface area contributed by atoms with Crippen molar-refractivity contribution in [1.82, 2.24) is 10.2 Å². The average Bonchev–Trinajstić information content (AvgIpc) is 2.45. The van der Waals surface area contributed by atoms with Gasteiger partial charge in [0, 0.05) is 13.1 Å². The van der Waals surface area contributed by atoms with Gasteiger partial charge in [-0.05, 0) is 12.5 Å². The van der Waals surface area contributed by atoms with Crippen molar-refractivity contribution >= 4 is 12.0 Å². The molecule has 0 radical (unpaired) electrons. The van der Waals surface area contributed by atoms with E-state index < -0.39 is 12.0 Å². The zero-order valence-corrected chi connectivity index (χ0v) is 11.3. The summed E-state index contributed by atoms with van der Waals surface area (Å²) in [5.41, 5.74) is 0.551. The fourth-order valence-electron chi connectivity index (χ4n) is 2.15. The van der Waals surface area contributed by atoms with Gasteiger partial charge in [0.15, 0.2) is 6.04 Å². The van der Waals surface area contributed by atoms with Gasteiger partial charge in [0.1, 0.15) is 0 Å². The second-order valence-corrected chi connectivity index (χ2v) is 4.76. The van der Waals surface area contributed by atoms with Crippen LogP contribution in [0.25, 0.3) is 0 Å². The number of nitrogens with zero attached hydrogens (tertiary/aromatic N) is 1.